The molecule has 0 radical (unpaired) electrons. The number of fused-ring (bicyclic) bond motifs is 1. The first-order valence-electron chi connectivity index (χ1n) is 6.82. The molecule has 100 valence electrons. The smallest absolute Gasteiger partial charge is 0.0423 e. The van der Waals surface area contributed by atoms with Gasteiger partial charge in [0.05, 0.1) is 0 Å². The molecule has 1 fully saturated rings. The largest absolute Gasteiger partial charge is 0.398 e. The third-order valence-corrected chi connectivity index (χ3v) is 4.05. The van der Waals surface area contributed by atoms with Gasteiger partial charge in [0.1, 0.15) is 0 Å². The maximum atomic E-state index is 5.99. The van der Waals surface area contributed by atoms with Crippen LogP contribution < -0.4 is 11.1 Å². The molecule has 0 aliphatic carbocycles. The van der Waals surface area contributed by atoms with Crippen molar-refractivity contribution in [2.75, 3.05) is 31.2 Å². The van der Waals surface area contributed by atoms with Crippen LogP contribution in [0.15, 0.2) is 30.6 Å². The molecular formula is C15H20N4. The fourth-order valence-corrected chi connectivity index (χ4v) is 2.83. The van der Waals surface area contributed by atoms with Crippen molar-refractivity contribution < 1.29 is 0 Å². The molecule has 1 unspecified atom stereocenters. The van der Waals surface area contributed by atoms with Crippen molar-refractivity contribution in [3.63, 3.8) is 0 Å². The van der Waals surface area contributed by atoms with Crippen LogP contribution >= 0.6 is 0 Å². The second kappa shape index (κ2) is 5.05. The van der Waals surface area contributed by atoms with E-state index < -0.39 is 0 Å². The molecule has 3 rings (SSSR count). The highest BCUT2D eigenvalue weighted by Gasteiger charge is 2.20. The molecule has 4 heteroatoms. The van der Waals surface area contributed by atoms with Crippen LogP contribution in [-0.4, -0.2) is 36.1 Å². The molecule has 1 aromatic heterocycles. The second-order valence-electron chi connectivity index (χ2n) is 5.28. The van der Waals surface area contributed by atoms with Gasteiger partial charge in [-0.1, -0.05) is 0 Å². The van der Waals surface area contributed by atoms with Crippen LogP contribution in [0.25, 0.3) is 10.8 Å². The molecule has 0 bridgehead atoms. The zero-order chi connectivity index (χ0) is 13.2. The zero-order valence-corrected chi connectivity index (χ0v) is 11.3. The number of nitrogens with one attached hydrogen (secondary N) is 1. The average Bonchev–Trinajstić information content (AvgIpc) is 2.84. The molecule has 0 amide bonds. The topological polar surface area (TPSA) is 54.2 Å². The van der Waals surface area contributed by atoms with Gasteiger partial charge in [0.25, 0.3) is 0 Å². The van der Waals surface area contributed by atoms with E-state index in [1.54, 1.807) is 0 Å². The van der Waals surface area contributed by atoms with Crippen LogP contribution in [0.3, 0.4) is 0 Å². The number of nitrogens with zero attached hydrogens (tertiary/aromatic N) is 2. The van der Waals surface area contributed by atoms with Gasteiger partial charge in [-0.2, -0.15) is 0 Å². The molecule has 1 aliphatic rings. The van der Waals surface area contributed by atoms with Gasteiger partial charge < -0.3 is 16.0 Å². The molecule has 1 aromatic carbocycles. The summed E-state index contributed by atoms with van der Waals surface area (Å²) in [5, 5.41) is 5.73. The van der Waals surface area contributed by atoms with Crippen LogP contribution in [0.2, 0.25) is 0 Å². The third kappa shape index (κ3) is 2.36. The first-order chi connectivity index (χ1) is 9.25. The minimum Gasteiger partial charge on any atom is -0.398 e. The molecular weight excluding hydrogens is 236 g/mol. The van der Waals surface area contributed by atoms with Crippen molar-refractivity contribution in [2.45, 2.75) is 18.9 Å². The van der Waals surface area contributed by atoms with Gasteiger partial charge in [0.2, 0.25) is 0 Å². The van der Waals surface area contributed by atoms with Crippen molar-refractivity contribution in [2.24, 2.45) is 0 Å². The number of rotatable bonds is 3. The van der Waals surface area contributed by atoms with Crippen molar-refractivity contribution in [3.8, 4) is 0 Å². The average molecular weight is 256 g/mol. The van der Waals surface area contributed by atoms with Gasteiger partial charge in [0, 0.05) is 47.1 Å². The molecule has 1 saturated heterocycles. The van der Waals surface area contributed by atoms with E-state index >= 15 is 0 Å². The molecule has 2 aromatic rings. The van der Waals surface area contributed by atoms with Gasteiger partial charge >= 0.3 is 0 Å². The number of hydrogen-bond donors (Lipinski definition) is 2. The Kier molecular flexibility index (Phi) is 3.25. The standard InChI is InChI=1S/C15H20N4/c1-19-8-2-3-11(19)9-18-15-5-4-14(16)13-10-17-7-6-12(13)15/h4-7,10-11,18H,2-3,8-9,16H2,1H3. The predicted molar refractivity (Wildman–Crippen MR) is 80.3 cm³/mol. The predicted octanol–water partition coefficient (Wildman–Crippen LogP) is 2.32. The number of nitrogens with two attached hydrogens (primary N) is 1. The van der Waals surface area contributed by atoms with E-state index in [-0.39, 0.29) is 0 Å². The molecule has 1 atom stereocenters. The summed E-state index contributed by atoms with van der Waals surface area (Å²) in [5.74, 6) is 0. The highest BCUT2D eigenvalue weighted by Crippen LogP contribution is 2.27. The van der Waals surface area contributed by atoms with Crippen LogP contribution in [0, 0.1) is 0 Å². The summed E-state index contributed by atoms with van der Waals surface area (Å²) in [6.07, 6.45) is 6.22. The molecule has 2 heterocycles. The zero-order valence-electron chi connectivity index (χ0n) is 11.3. The summed E-state index contributed by atoms with van der Waals surface area (Å²) >= 11 is 0. The maximum absolute atomic E-state index is 5.99. The number of hydrogen-bond acceptors (Lipinski definition) is 4. The van der Waals surface area contributed by atoms with Crippen LogP contribution in [-0.2, 0) is 0 Å². The highest BCUT2D eigenvalue weighted by atomic mass is 15.2. The van der Waals surface area contributed by atoms with Gasteiger partial charge in [-0.15, -0.1) is 0 Å². The monoisotopic (exact) mass is 256 g/mol. The van der Waals surface area contributed by atoms with E-state index in [2.05, 4.69) is 28.3 Å². The maximum Gasteiger partial charge on any atom is 0.0423 e. The number of pyridine rings is 1. The van der Waals surface area contributed by atoms with Crippen LogP contribution in [0.4, 0.5) is 11.4 Å². The first kappa shape index (κ1) is 12.2. The molecule has 4 nitrogen and oxygen atoms in total. The van der Waals surface area contributed by atoms with E-state index in [0.717, 1.165) is 28.7 Å². The normalized spacial score (nSPS) is 19.9. The fraction of sp³-hybridized carbons (Fsp3) is 0.400. The van der Waals surface area contributed by atoms with Crippen LogP contribution in [0.1, 0.15) is 12.8 Å². The van der Waals surface area contributed by atoms with Gasteiger partial charge in [-0.05, 0) is 44.6 Å². The van der Waals surface area contributed by atoms with Gasteiger partial charge in [0.15, 0.2) is 0 Å². The summed E-state index contributed by atoms with van der Waals surface area (Å²) in [6.45, 7) is 2.19. The lowest BCUT2D eigenvalue weighted by Gasteiger charge is -2.21. The molecule has 0 spiro atoms. The SMILES string of the molecule is CN1CCCC1CNc1ccc(N)c2cnccc12. The minimum absolute atomic E-state index is 0.634. The van der Waals surface area contributed by atoms with E-state index in [4.69, 9.17) is 5.73 Å². The number of likely N-dealkylation sites (tertiary alicyclic amines) is 1. The molecule has 1 aliphatic heterocycles. The quantitative estimate of drug-likeness (QED) is 0.828. The Balaban J connectivity index is 1.83. The van der Waals surface area contributed by atoms with E-state index in [0.29, 0.717) is 6.04 Å². The Hall–Kier alpha value is -1.81. The Morgan fingerprint density at radius 3 is 3.05 bits per heavy atom. The fourth-order valence-electron chi connectivity index (χ4n) is 2.83. The number of anilines is 2. The van der Waals surface area contributed by atoms with Gasteiger partial charge in [-0.3, -0.25) is 4.98 Å². The van der Waals surface area contributed by atoms with E-state index in [9.17, 15) is 0 Å². The van der Waals surface area contributed by atoms with E-state index in [1.807, 2.05) is 24.5 Å². The lowest BCUT2D eigenvalue weighted by Crippen LogP contribution is -2.31. The lowest BCUT2D eigenvalue weighted by atomic mass is 10.1. The Labute approximate surface area is 113 Å². The summed E-state index contributed by atoms with van der Waals surface area (Å²) < 4.78 is 0. The van der Waals surface area contributed by atoms with Crippen molar-refractivity contribution in [3.05, 3.63) is 30.6 Å². The number of likely N-dealkylation sites (N-methyl/N-ethyl adjacent to an activating group) is 1. The Morgan fingerprint density at radius 2 is 2.26 bits per heavy atom. The summed E-state index contributed by atoms with van der Waals surface area (Å²) in [5.41, 5.74) is 7.92. The van der Waals surface area contributed by atoms with Gasteiger partial charge in [-0.25, -0.2) is 0 Å². The third-order valence-electron chi connectivity index (χ3n) is 4.05. The summed E-state index contributed by atoms with van der Waals surface area (Å²) in [7, 11) is 2.20. The summed E-state index contributed by atoms with van der Waals surface area (Å²) in [6, 6.07) is 6.67. The number of nitrogen functional groups attached to an aromatic ring is 1. The molecule has 19 heavy (non-hydrogen) atoms. The Bertz CT molecular complexity index is 581. The molecule has 3 N–H and O–H groups in total. The molecule has 0 saturated carbocycles. The number of aromatic nitrogens is 1. The lowest BCUT2D eigenvalue weighted by molar-refractivity contribution is 0.322. The van der Waals surface area contributed by atoms with Crippen LogP contribution in [0.5, 0.6) is 0 Å². The van der Waals surface area contributed by atoms with Crippen molar-refractivity contribution >= 4 is 22.1 Å². The first-order valence-corrected chi connectivity index (χ1v) is 6.82. The summed E-state index contributed by atoms with van der Waals surface area (Å²) in [4.78, 5) is 6.57. The highest BCUT2D eigenvalue weighted by molar-refractivity contribution is 6.00. The Morgan fingerprint density at radius 1 is 1.37 bits per heavy atom. The number of benzene rings is 1. The second-order valence-corrected chi connectivity index (χ2v) is 5.28. The van der Waals surface area contributed by atoms with E-state index in [1.165, 1.54) is 19.4 Å². The van der Waals surface area contributed by atoms with Crippen molar-refractivity contribution in [1.29, 1.82) is 0 Å². The van der Waals surface area contributed by atoms with Crippen molar-refractivity contribution in [1.82, 2.24) is 9.88 Å². The minimum atomic E-state index is 0.634.